The second-order valence-corrected chi connectivity index (χ2v) is 6.51. The molecule has 2 atom stereocenters. The van der Waals surface area contributed by atoms with Gasteiger partial charge in [-0.05, 0) is 31.4 Å². The summed E-state index contributed by atoms with van der Waals surface area (Å²) in [6, 6.07) is 7.07. The number of hydrogen-bond donors (Lipinski definition) is 2. The van der Waals surface area contributed by atoms with Crippen LogP contribution in [0.2, 0.25) is 0 Å². The predicted octanol–water partition coefficient (Wildman–Crippen LogP) is 3.34. The Morgan fingerprint density at radius 2 is 2.08 bits per heavy atom. The summed E-state index contributed by atoms with van der Waals surface area (Å²) in [5, 5.41) is 2.89. The minimum Gasteiger partial charge on any atom is -0.494 e. The fourth-order valence-electron chi connectivity index (χ4n) is 3.45. The number of nitrogens with two attached hydrogens (primary N) is 1. The second-order valence-electron chi connectivity index (χ2n) is 6.51. The van der Waals surface area contributed by atoms with Crippen molar-refractivity contribution < 1.29 is 14.3 Å². The lowest BCUT2D eigenvalue weighted by atomic mass is 9.84. The molecular formula is C19H30N2O3. The molecule has 0 saturated heterocycles. The normalized spacial score (nSPS) is 18.0. The van der Waals surface area contributed by atoms with Gasteiger partial charge in [-0.25, -0.2) is 0 Å². The highest BCUT2D eigenvalue weighted by molar-refractivity contribution is 5.94. The number of amides is 1. The van der Waals surface area contributed by atoms with E-state index in [1.165, 1.54) is 32.1 Å². The van der Waals surface area contributed by atoms with Crippen molar-refractivity contribution in [3.63, 3.8) is 0 Å². The van der Waals surface area contributed by atoms with Crippen molar-refractivity contribution in [1.82, 2.24) is 0 Å². The number of carbonyl (C=O) groups is 1. The summed E-state index contributed by atoms with van der Waals surface area (Å²) in [4.78, 5) is 12.5. The largest absolute Gasteiger partial charge is 0.494 e. The van der Waals surface area contributed by atoms with Crippen molar-refractivity contribution in [1.29, 1.82) is 0 Å². The van der Waals surface area contributed by atoms with Gasteiger partial charge in [-0.15, -0.1) is 0 Å². The topological polar surface area (TPSA) is 73.6 Å². The van der Waals surface area contributed by atoms with Gasteiger partial charge in [0.2, 0.25) is 0 Å². The first-order chi connectivity index (χ1) is 11.6. The number of hydrogen-bond acceptors (Lipinski definition) is 4. The van der Waals surface area contributed by atoms with Crippen LogP contribution in [0.3, 0.4) is 0 Å². The van der Waals surface area contributed by atoms with Crippen LogP contribution < -0.4 is 15.8 Å². The molecule has 1 aromatic carbocycles. The number of ether oxygens (including phenoxy) is 2. The molecule has 0 heterocycles. The maximum absolute atomic E-state index is 12.5. The molecule has 2 rings (SSSR count). The molecule has 1 aliphatic carbocycles. The summed E-state index contributed by atoms with van der Waals surface area (Å²) < 4.78 is 10.9. The summed E-state index contributed by atoms with van der Waals surface area (Å²) in [5.41, 5.74) is 6.97. The Morgan fingerprint density at radius 1 is 1.33 bits per heavy atom. The van der Waals surface area contributed by atoms with E-state index in [0.29, 0.717) is 18.2 Å². The van der Waals surface area contributed by atoms with E-state index in [-0.39, 0.29) is 11.9 Å². The third-order valence-corrected chi connectivity index (χ3v) is 4.64. The summed E-state index contributed by atoms with van der Waals surface area (Å²) in [5.74, 6) is 1.14. The Kier molecular flexibility index (Phi) is 7.53. The van der Waals surface area contributed by atoms with Gasteiger partial charge in [0.05, 0.1) is 6.61 Å². The van der Waals surface area contributed by atoms with E-state index >= 15 is 0 Å². The van der Waals surface area contributed by atoms with Gasteiger partial charge in [-0.2, -0.15) is 0 Å². The fraction of sp³-hybridized carbons (Fsp3) is 0.632. The fourth-order valence-corrected chi connectivity index (χ4v) is 3.45. The van der Waals surface area contributed by atoms with E-state index in [0.717, 1.165) is 12.2 Å². The first kappa shape index (κ1) is 18.7. The number of nitrogens with one attached hydrogen (secondary N) is 1. The number of methoxy groups -OCH3 is 1. The maximum atomic E-state index is 12.5. The number of benzene rings is 1. The van der Waals surface area contributed by atoms with Gasteiger partial charge in [-0.1, -0.05) is 38.2 Å². The molecule has 1 aliphatic rings. The molecule has 24 heavy (non-hydrogen) atoms. The first-order valence-electron chi connectivity index (χ1n) is 8.96. The van der Waals surface area contributed by atoms with E-state index in [1.54, 1.807) is 13.2 Å². The molecule has 1 aromatic rings. The first-order valence-corrected chi connectivity index (χ1v) is 8.96. The minimum absolute atomic E-state index is 0.200. The van der Waals surface area contributed by atoms with Crippen LogP contribution in [-0.2, 0) is 9.53 Å². The average Bonchev–Trinajstić information content (AvgIpc) is 2.57. The van der Waals surface area contributed by atoms with Crippen LogP contribution in [0.1, 0.15) is 45.4 Å². The van der Waals surface area contributed by atoms with Gasteiger partial charge in [0.15, 0.2) is 6.10 Å². The Balaban J connectivity index is 1.93. The molecule has 5 nitrogen and oxygen atoms in total. The summed E-state index contributed by atoms with van der Waals surface area (Å²) in [6.45, 7) is 2.51. The Labute approximate surface area is 144 Å². The monoisotopic (exact) mass is 334 g/mol. The zero-order valence-electron chi connectivity index (χ0n) is 14.8. The average molecular weight is 334 g/mol. The van der Waals surface area contributed by atoms with Crippen LogP contribution in [-0.4, -0.2) is 31.8 Å². The molecule has 3 N–H and O–H groups in total. The number of carbonyl (C=O) groups excluding carboxylic acids is 1. The van der Waals surface area contributed by atoms with Crippen LogP contribution in [0.15, 0.2) is 24.3 Å². The molecule has 5 heteroatoms. The standard InChI is InChI=1S/C19H30N2O3/c1-3-24-16-11-7-10-15(13-16)21-19(22)18(23-2)17(20)12-14-8-5-4-6-9-14/h7,10-11,13-14,17-18H,3-6,8-9,12,20H2,1-2H3,(H,21,22). The van der Waals surface area contributed by atoms with Crippen LogP contribution >= 0.6 is 0 Å². The predicted molar refractivity (Wildman–Crippen MR) is 96.2 cm³/mol. The van der Waals surface area contributed by atoms with Crippen molar-refractivity contribution in [2.24, 2.45) is 11.7 Å². The van der Waals surface area contributed by atoms with Crippen molar-refractivity contribution in [3.8, 4) is 5.75 Å². The lowest BCUT2D eigenvalue weighted by molar-refractivity contribution is -0.127. The van der Waals surface area contributed by atoms with Crippen LogP contribution in [0, 0.1) is 5.92 Å². The van der Waals surface area contributed by atoms with E-state index in [4.69, 9.17) is 15.2 Å². The molecule has 0 spiro atoms. The molecule has 0 aromatic heterocycles. The van der Waals surface area contributed by atoms with Gasteiger partial charge in [0.25, 0.3) is 5.91 Å². The molecule has 0 aliphatic heterocycles. The van der Waals surface area contributed by atoms with Gasteiger partial charge < -0.3 is 20.5 Å². The summed E-state index contributed by atoms with van der Waals surface area (Å²) in [7, 11) is 1.54. The van der Waals surface area contributed by atoms with Gasteiger partial charge >= 0.3 is 0 Å². The molecular weight excluding hydrogens is 304 g/mol. The number of anilines is 1. The van der Waals surface area contributed by atoms with Crippen molar-refractivity contribution in [2.45, 2.75) is 57.6 Å². The van der Waals surface area contributed by atoms with Crippen molar-refractivity contribution >= 4 is 11.6 Å². The summed E-state index contributed by atoms with van der Waals surface area (Å²) in [6.07, 6.45) is 6.48. The van der Waals surface area contributed by atoms with E-state index in [2.05, 4.69) is 5.32 Å². The third kappa shape index (κ3) is 5.49. The molecule has 0 radical (unpaired) electrons. The van der Waals surface area contributed by atoms with E-state index < -0.39 is 6.10 Å². The lowest BCUT2D eigenvalue weighted by Crippen LogP contribution is -2.45. The van der Waals surface area contributed by atoms with Gasteiger partial charge in [0, 0.05) is 24.9 Å². The lowest BCUT2D eigenvalue weighted by Gasteiger charge is -2.28. The SMILES string of the molecule is CCOc1cccc(NC(=O)C(OC)C(N)CC2CCCCC2)c1. The molecule has 0 bridgehead atoms. The Morgan fingerprint density at radius 3 is 2.75 bits per heavy atom. The third-order valence-electron chi connectivity index (χ3n) is 4.64. The summed E-state index contributed by atoms with van der Waals surface area (Å²) >= 11 is 0. The smallest absolute Gasteiger partial charge is 0.255 e. The maximum Gasteiger partial charge on any atom is 0.255 e. The molecule has 2 unspecified atom stereocenters. The molecule has 134 valence electrons. The highest BCUT2D eigenvalue weighted by Gasteiger charge is 2.28. The Hall–Kier alpha value is -1.59. The Bertz CT molecular complexity index is 515. The van der Waals surface area contributed by atoms with Gasteiger partial charge in [0.1, 0.15) is 5.75 Å². The van der Waals surface area contributed by atoms with E-state index in [1.807, 2.05) is 25.1 Å². The molecule has 1 fully saturated rings. The van der Waals surface area contributed by atoms with Crippen molar-refractivity contribution in [3.05, 3.63) is 24.3 Å². The minimum atomic E-state index is -0.636. The zero-order chi connectivity index (χ0) is 17.4. The highest BCUT2D eigenvalue weighted by Crippen LogP contribution is 2.28. The van der Waals surface area contributed by atoms with Crippen LogP contribution in [0.25, 0.3) is 0 Å². The quantitative estimate of drug-likeness (QED) is 0.765. The number of rotatable bonds is 8. The van der Waals surface area contributed by atoms with Crippen LogP contribution in [0.5, 0.6) is 5.75 Å². The van der Waals surface area contributed by atoms with Gasteiger partial charge in [-0.3, -0.25) is 4.79 Å². The van der Waals surface area contributed by atoms with Crippen LogP contribution in [0.4, 0.5) is 5.69 Å². The highest BCUT2D eigenvalue weighted by atomic mass is 16.5. The zero-order valence-corrected chi connectivity index (χ0v) is 14.8. The molecule has 1 amide bonds. The van der Waals surface area contributed by atoms with Crippen molar-refractivity contribution in [2.75, 3.05) is 19.0 Å². The molecule has 1 saturated carbocycles. The van der Waals surface area contributed by atoms with E-state index in [9.17, 15) is 4.79 Å². The second kappa shape index (κ2) is 9.64.